The van der Waals surface area contributed by atoms with Gasteiger partial charge in [0.05, 0.1) is 18.9 Å². The van der Waals surface area contributed by atoms with Gasteiger partial charge >= 0.3 is 5.97 Å². The Balaban J connectivity index is 1.31. The Morgan fingerprint density at radius 3 is 2.28 bits per heavy atom. The molecule has 0 bridgehead atoms. The summed E-state index contributed by atoms with van der Waals surface area (Å²) in [6.07, 6.45) is 2.63. The second kappa shape index (κ2) is 14.2. The molecular weight excluding hydrogens is 514 g/mol. The van der Waals surface area contributed by atoms with Crippen LogP contribution in [0.15, 0.2) is 78.9 Å². The molecule has 202 valence electrons. The first-order valence-electron chi connectivity index (χ1n) is 13.0. The van der Waals surface area contributed by atoms with Crippen molar-refractivity contribution in [2.75, 3.05) is 25.1 Å². The molecule has 39 heavy (non-hydrogen) atoms. The van der Waals surface area contributed by atoms with E-state index in [1.54, 1.807) is 12.1 Å². The third-order valence-corrected chi connectivity index (χ3v) is 6.06. The first kappa shape index (κ1) is 27.9. The zero-order valence-corrected chi connectivity index (χ0v) is 22.9. The molecule has 0 radical (unpaired) electrons. The number of nitrogens with zero attached hydrogens (tertiary/aromatic N) is 2. The average molecular weight is 546 g/mol. The number of unbranched alkanes of at least 4 members (excludes halogenated alkanes) is 1. The highest BCUT2D eigenvalue weighted by molar-refractivity contribution is 6.30. The van der Waals surface area contributed by atoms with Gasteiger partial charge in [0.2, 0.25) is 5.95 Å². The second-order valence-electron chi connectivity index (χ2n) is 8.98. The second-order valence-corrected chi connectivity index (χ2v) is 9.42. The third-order valence-electron chi connectivity index (χ3n) is 5.81. The quantitative estimate of drug-likeness (QED) is 0.140. The van der Waals surface area contributed by atoms with Gasteiger partial charge in [-0.1, -0.05) is 37.1 Å². The lowest BCUT2D eigenvalue weighted by Gasteiger charge is -2.11. The van der Waals surface area contributed by atoms with E-state index in [9.17, 15) is 4.79 Å². The lowest BCUT2D eigenvalue weighted by Crippen LogP contribution is -2.15. The van der Waals surface area contributed by atoms with E-state index < -0.39 is 0 Å². The lowest BCUT2D eigenvalue weighted by molar-refractivity contribution is -0.146. The standard InChI is InChI=1S/C31H32ClN3O4/c1-3-4-18-38-30(36)21-39-28-15-11-26(12-16-28)34-31-33-22(2)20-29(35-31)24-7-13-27(14-8-24)37-19-17-23-5-9-25(32)10-6-23/h5-16,20H,3-4,17-19,21H2,1-2H3,(H,33,34,35). The number of carbonyl (C=O) groups excluding carboxylic acids is 1. The molecule has 0 amide bonds. The first-order chi connectivity index (χ1) is 19.0. The number of aromatic nitrogens is 2. The summed E-state index contributed by atoms with van der Waals surface area (Å²) < 4.78 is 16.5. The molecule has 0 aliphatic heterocycles. The predicted molar refractivity (Wildman–Crippen MR) is 154 cm³/mol. The maximum absolute atomic E-state index is 11.7. The molecule has 7 nitrogen and oxygen atoms in total. The van der Waals surface area contributed by atoms with E-state index in [0.717, 1.165) is 52.7 Å². The van der Waals surface area contributed by atoms with Gasteiger partial charge in [-0.15, -0.1) is 0 Å². The maximum Gasteiger partial charge on any atom is 0.344 e. The summed E-state index contributed by atoms with van der Waals surface area (Å²) in [6, 6.07) is 24.9. The van der Waals surface area contributed by atoms with E-state index in [1.165, 1.54) is 5.56 Å². The Bertz CT molecular complexity index is 1340. The summed E-state index contributed by atoms with van der Waals surface area (Å²) in [7, 11) is 0. The fraction of sp³-hybridized carbons (Fsp3) is 0.258. The number of esters is 1. The fourth-order valence-corrected chi connectivity index (χ4v) is 3.84. The number of halogens is 1. The topological polar surface area (TPSA) is 82.6 Å². The minimum absolute atomic E-state index is 0.118. The number of nitrogens with one attached hydrogen (secondary N) is 1. The molecular formula is C31H32ClN3O4. The summed E-state index contributed by atoms with van der Waals surface area (Å²) in [5.74, 6) is 1.49. The number of rotatable bonds is 13. The van der Waals surface area contributed by atoms with Crippen LogP contribution in [-0.4, -0.2) is 35.8 Å². The van der Waals surface area contributed by atoms with Crippen LogP contribution in [0.2, 0.25) is 5.02 Å². The molecule has 4 aromatic rings. The van der Waals surface area contributed by atoms with Crippen molar-refractivity contribution < 1.29 is 19.0 Å². The van der Waals surface area contributed by atoms with Gasteiger partial charge in [-0.2, -0.15) is 0 Å². The molecule has 1 heterocycles. The van der Waals surface area contributed by atoms with Crippen molar-refractivity contribution in [3.63, 3.8) is 0 Å². The molecule has 0 aliphatic carbocycles. The van der Waals surface area contributed by atoms with Crippen LogP contribution in [0.1, 0.15) is 31.0 Å². The number of aryl methyl sites for hydroxylation is 1. The van der Waals surface area contributed by atoms with Crippen molar-refractivity contribution in [2.24, 2.45) is 0 Å². The van der Waals surface area contributed by atoms with Crippen LogP contribution in [-0.2, 0) is 16.0 Å². The SMILES string of the molecule is CCCCOC(=O)COc1ccc(Nc2nc(C)cc(-c3ccc(OCCc4ccc(Cl)cc4)cc3)n2)cc1. The number of benzene rings is 3. The van der Waals surface area contributed by atoms with Crippen molar-refractivity contribution >= 4 is 29.2 Å². The molecule has 0 saturated heterocycles. The Hall–Kier alpha value is -4.10. The number of ether oxygens (including phenoxy) is 3. The summed E-state index contributed by atoms with van der Waals surface area (Å²) >= 11 is 5.95. The van der Waals surface area contributed by atoms with Gasteiger partial charge in [-0.3, -0.25) is 0 Å². The summed E-state index contributed by atoms with van der Waals surface area (Å²) in [4.78, 5) is 20.9. The van der Waals surface area contributed by atoms with Crippen molar-refractivity contribution in [1.82, 2.24) is 9.97 Å². The molecule has 8 heteroatoms. The highest BCUT2D eigenvalue weighted by atomic mass is 35.5. The lowest BCUT2D eigenvalue weighted by atomic mass is 10.1. The van der Waals surface area contributed by atoms with Gasteiger partial charge in [0.15, 0.2) is 6.61 Å². The Morgan fingerprint density at radius 1 is 0.872 bits per heavy atom. The molecule has 0 spiro atoms. The van der Waals surface area contributed by atoms with E-state index in [-0.39, 0.29) is 12.6 Å². The molecule has 0 unspecified atom stereocenters. The number of carbonyl (C=O) groups is 1. The van der Waals surface area contributed by atoms with Crippen LogP contribution in [0.5, 0.6) is 11.5 Å². The Kier molecular flexibility index (Phi) is 10.1. The zero-order valence-electron chi connectivity index (χ0n) is 22.2. The van der Waals surface area contributed by atoms with E-state index in [4.69, 9.17) is 25.8 Å². The Labute approximate surface area is 234 Å². The van der Waals surface area contributed by atoms with Crippen LogP contribution in [0, 0.1) is 6.92 Å². The van der Waals surface area contributed by atoms with E-state index in [2.05, 4.69) is 15.3 Å². The summed E-state index contributed by atoms with van der Waals surface area (Å²) in [6.45, 7) is 4.85. The van der Waals surface area contributed by atoms with Crippen molar-refractivity contribution in [1.29, 1.82) is 0 Å². The van der Waals surface area contributed by atoms with Gasteiger partial charge in [0, 0.05) is 28.4 Å². The van der Waals surface area contributed by atoms with E-state index in [1.807, 2.05) is 80.6 Å². The molecule has 0 saturated carbocycles. The maximum atomic E-state index is 11.7. The molecule has 0 aliphatic rings. The van der Waals surface area contributed by atoms with Crippen LogP contribution in [0.3, 0.4) is 0 Å². The highest BCUT2D eigenvalue weighted by Crippen LogP contribution is 2.24. The predicted octanol–water partition coefficient (Wildman–Crippen LogP) is 7.19. The minimum Gasteiger partial charge on any atom is -0.493 e. The van der Waals surface area contributed by atoms with Crippen molar-refractivity contribution in [2.45, 2.75) is 33.1 Å². The van der Waals surface area contributed by atoms with Gasteiger partial charge in [0.1, 0.15) is 11.5 Å². The van der Waals surface area contributed by atoms with Crippen LogP contribution >= 0.6 is 11.6 Å². The molecule has 1 N–H and O–H groups in total. The third kappa shape index (κ3) is 9.00. The molecule has 3 aromatic carbocycles. The van der Waals surface area contributed by atoms with Crippen molar-refractivity contribution in [3.8, 4) is 22.8 Å². The zero-order chi connectivity index (χ0) is 27.5. The van der Waals surface area contributed by atoms with Crippen LogP contribution in [0.25, 0.3) is 11.3 Å². The molecule has 0 atom stereocenters. The minimum atomic E-state index is -0.371. The normalized spacial score (nSPS) is 10.6. The van der Waals surface area contributed by atoms with Crippen LogP contribution < -0.4 is 14.8 Å². The average Bonchev–Trinajstić information content (AvgIpc) is 2.94. The van der Waals surface area contributed by atoms with Gasteiger partial charge in [-0.25, -0.2) is 14.8 Å². The summed E-state index contributed by atoms with van der Waals surface area (Å²) in [5.41, 5.74) is 4.58. The molecule has 4 rings (SSSR count). The monoisotopic (exact) mass is 545 g/mol. The number of hydrogen-bond donors (Lipinski definition) is 1. The van der Waals surface area contributed by atoms with E-state index >= 15 is 0 Å². The molecule has 0 fully saturated rings. The largest absolute Gasteiger partial charge is 0.493 e. The molecule has 1 aromatic heterocycles. The van der Waals surface area contributed by atoms with Gasteiger partial charge < -0.3 is 19.5 Å². The smallest absolute Gasteiger partial charge is 0.344 e. The van der Waals surface area contributed by atoms with Crippen LogP contribution in [0.4, 0.5) is 11.6 Å². The van der Waals surface area contributed by atoms with Crippen molar-refractivity contribution in [3.05, 3.63) is 95.1 Å². The first-order valence-corrected chi connectivity index (χ1v) is 13.3. The Morgan fingerprint density at radius 2 is 1.56 bits per heavy atom. The van der Waals surface area contributed by atoms with E-state index in [0.29, 0.717) is 24.9 Å². The van der Waals surface area contributed by atoms with Gasteiger partial charge in [0.25, 0.3) is 0 Å². The highest BCUT2D eigenvalue weighted by Gasteiger charge is 2.08. The number of hydrogen-bond acceptors (Lipinski definition) is 7. The van der Waals surface area contributed by atoms with Gasteiger partial charge in [-0.05, 0) is 85.6 Å². The fourth-order valence-electron chi connectivity index (χ4n) is 3.71. The summed E-state index contributed by atoms with van der Waals surface area (Å²) in [5, 5.41) is 3.97. The number of anilines is 2.